The third kappa shape index (κ3) is 3.68. The summed E-state index contributed by atoms with van der Waals surface area (Å²) in [6.45, 7) is 1.88. The number of amides is 1. The molecule has 0 aliphatic carbocycles. The van der Waals surface area contributed by atoms with Gasteiger partial charge in [-0.15, -0.1) is 0 Å². The van der Waals surface area contributed by atoms with Crippen LogP contribution in [0.25, 0.3) is 16.9 Å². The van der Waals surface area contributed by atoms with Gasteiger partial charge in [0.25, 0.3) is 5.91 Å². The molecule has 25 heavy (non-hydrogen) atoms. The van der Waals surface area contributed by atoms with E-state index in [1.807, 2.05) is 47.9 Å². The summed E-state index contributed by atoms with van der Waals surface area (Å²) in [5, 5.41) is 11.7. The minimum Gasteiger partial charge on any atom is -0.480 e. The molecule has 0 aliphatic rings. The highest BCUT2D eigenvalue weighted by Gasteiger charge is 2.20. The topological polar surface area (TPSA) is 83.7 Å². The zero-order valence-corrected chi connectivity index (χ0v) is 13.8. The number of aliphatic carboxylic acids is 1. The van der Waals surface area contributed by atoms with Crippen molar-refractivity contribution in [3.8, 4) is 11.3 Å². The summed E-state index contributed by atoms with van der Waals surface area (Å²) in [6.07, 6.45) is 4.71. The number of fused-ring (bicyclic) bond motifs is 1. The van der Waals surface area contributed by atoms with Crippen LogP contribution in [0.1, 0.15) is 30.1 Å². The highest BCUT2D eigenvalue weighted by molar-refractivity contribution is 5.97. The third-order valence-corrected chi connectivity index (χ3v) is 3.97. The number of imidazole rings is 1. The fourth-order valence-corrected chi connectivity index (χ4v) is 2.66. The van der Waals surface area contributed by atoms with Gasteiger partial charge in [0.05, 0.1) is 5.69 Å². The van der Waals surface area contributed by atoms with E-state index in [2.05, 4.69) is 10.3 Å². The monoisotopic (exact) mass is 337 g/mol. The van der Waals surface area contributed by atoms with Gasteiger partial charge in [0, 0.05) is 23.5 Å². The minimum atomic E-state index is -1.02. The second kappa shape index (κ2) is 7.17. The van der Waals surface area contributed by atoms with Crippen LogP contribution >= 0.6 is 0 Å². The SMILES string of the molecule is CCCC(NC(=O)c1ccn2cc(-c3ccccc3)nc2c1)C(=O)O. The van der Waals surface area contributed by atoms with Gasteiger partial charge in [-0.05, 0) is 18.6 Å². The molecule has 2 heterocycles. The Hall–Kier alpha value is -3.15. The molecule has 1 aromatic carbocycles. The highest BCUT2D eigenvalue weighted by Crippen LogP contribution is 2.19. The Morgan fingerprint density at radius 3 is 2.68 bits per heavy atom. The summed E-state index contributed by atoms with van der Waals surface area (Å²) in [5.74, 6) is -1.43. The van der Waals surface area contributed by atoms with Crippen molar-refractivity contribution in [1.29, 1.82) is 0 Å². The van der Waals surface area contributed by atoms with Crippen LogP contribution in [0.15, 0.2) is 54.9 Å². The van der Waals surface area contributed by atoms with E-state index in [4.69, 9.17) is 0 Å². The predicted molar refractivity (Wildman–Crippen MR) is 94.4 cm³/mol. The van der Waals surface area contributed by atoms with Crippen molar-refractivity contribution in [3.63, 3.8) is 0 Å². The fraction of sp³-hybridized carbons (Fsp3) is 0.211. The van der Waals surface area contributed by atoms with Gasteiger partial charge >= 0.3 is 5.97 Å². The number of nitrogens with zero attached hydrogens (tertiary/aromatic N) is 2. The standard InChI is InChI=1S/C19H19N3O3/c1-2-6-15(19(24)25)21-18(23)14-9-10-22-12-16(20-17(22)11-14)13-7-4-3-5-8-13/h3-5,7-12,15H,2,6H2,1H3,(H,21,23)(H,24,25). The van der Waals surface area contributed by atoms with Crippen molar-refractivity contribution in [3.05, 3.63) is 60.4 Å². The molecule has 0 saturated carbocycles. The molecule has 2 aromatic heterocycles. The molecule has 6 nitrogen and oxygen atoms in total. The molecule has 3 rings (SSSR count). The summed E-state index contributed by atoms with van der Waals surface area (Å²) in [5.41, 5.74) is 2.83. The number of nitrogens with one attached hydrogen (secondary N) is 1. The number of benzene rings is 1. The molecule has 0 fully saturated rings. The van der Waals surface area contributed by atoms with Crippen LogP contribution in [0, 0.1) is 0 Å². The van der Waals surface area contributed by atoms with Gasteiger partial charge in [-0.3, -0.25) is 4.79 Å². The van der Waals surface area contributed by atoms with Gasteiger partial charge in [-0.1, -0.05) is 43.7 Å². The van der Waals surface area contributed by atoms with E-state index >= 15 is 0 Å². The molecular weight excluding hydrogens is 318 g/mol. The fourth-order valence-electron chi connectivity index (χ4n) is 2.66. The van der Waals surface area contributed by atoms with Gasteiger partial charge < -0.3 is 14.8 Å². The normalized spacial score (nSPS) is 12.0. The molecule has 1 unspecified atom stereocenters. The number of hydrogen-bond acceptors (Lipinski definition) is 3. The van der Waals surface area contributed by atoms with Crippen molar-refractivity contribution in [2.75, 3.05) is 0 Å². The van der Waals surface area contributed by atoms with E-state index in [0.717, 1.165) is 11.3 Å². The van der Waals surface area contributed by atoms with E-state index < -0.39 is 17.9 Å². The molecule has 2 N–H and O–H groups in total. The Morgan fingerprint density at radius 2 is 2.00 bits per heavy atom. The molecule has 3 aromatic rings. The van der Waals surface area contributed by atoms with Crippen molar-refractivity contribution >= 4 is 17.5 Å². The number of aromatic nitrogens is 2. The molecule has 1 atom stereocenters. The molecule has 0 bridgehead atoms. The second-order valence-electron chi connectivity index (χ2n) is 5.83. The number of carboxylic acid groups (broad SMARTS) is 1. The second-order valence-corrected chi connectivity index (χ2v) is 5.83. The summed E-state index contributed by atoms with van der Waals surface area (Å²) in [7, 11) is 0. The molecule has 0 aliphatic heterocycles. The molecule has 6 heteroatoms. The van der Waals surface area contributed by atoms with E-state index in [1.165, 1.54) is 0 Å². The van der Waals surface area contributed by atoms with E-state index in [1.54, 1.807) is 18.3 Å². The third-order valence-electron chi connectivity index (χ3n) is 3.97. The van der Waals surface area contributed by atoms with Crippen molar-refractivity contribution in [2.24, 2.45) is 0 Å². The van der Waals surface area contributed by atoms with Crippen LogP contribution in [0.3, 0.4) is 0 Å². The minimum absolute atomic E-state index is 0.389. The smallest absolute Gasteiger partial charge is 0.326 e. The number of carbonyl (C=O) groups is 2. The average molecular weight is 337 g/mol. The zero-order valence-electron chi connectivity index (χ0n) is 13.8. The first-order chi connectivity index (χ1) is 12.1. The van der Waals surface area contributed by atoms with Gasteiger partial charge in [0.15, 0.2) is 0 Å². The quantitative estimate of drug-likeness (QED) is 0.724. The van der Waals surface area contributed by atoms with Gasteiger partial charge in [-0.25, -0.2) is 9.78 Å². The van der Waals surface area contributed by atoms with Gasteiger partial charge in [0.1, 0.15) is 11.7 Å². The average Bonchev–Trinajstić information content (AvgIpc) is 3.05. The van der Waals surface area contributed by atoms with Gasteiger partial charge in [-0.2, -0.15) is 0 Å². The lowest BCUT2D eigenvalue weighted by molar-refractivity contribution is -0.139. The maximum Gasteiger partial charge on any atom is 0.326 e. The molecule has 0 radical (unpaired) electrons. The van der Waals surface area contributed by atoms with E-state index in [0.29, 0.717) is 24.1 Å². The van der Waals surface area contributed by atoms with E-state index in [-0.39, 0.29) is 0 Å². The Morgan fingerprint density at radius 1 is 1.24 bits per heavy atom. The van der Waals surface area contributed by atoms with Crippen LogP contribution in [-0.4, -0.2) is 32.4 Å². The lowest BCUT2D eigenvalue weighted by atomic mass is 10.1. The maximum atomic E-state index is 12.3. The molecule has 1 amide bonds. The van der Waals surface area contributed by atoms with Gasteiger partial charge in [0.2, 0.25) is 0 Å². The molecule has 0 spiro atoms. The maximum absolute atomic E-state index is 12.3. The number of hydrogen-bond donors (Lipinski definition) is 2. The molecular formula is C19H19N3O3. The zero-order chi connectivity index (χ0) is 17.8. The van der Waals surface area contributed by atoms with Crippen molar-refractivity contribution in [1.82, 2.24) is 14.7 Å². The van der Waals surface area contributed by atoms with Crippen LogP contribution in [0.2, 0.25) is 0 Å². The number of carboxylic acids is 1. The number of pyridine rings is 1. The van der Waals surface area contributed by atoms with Crippen LogP contribution in [-0.2, 0) is 4.79 Å². The lowest BCUT2D eigenvalue weighted by Gasteiger charge is -2.13. The van der Waals surface area contributed by atoms with Crippen LogP contribution < -0.4 is 5.32 Å². The Balaban J connectivity index is 1.85. The Labute approximate surface area is 145 Å². The predicted octanol–water partition coefficient (Wildman–Crippen LogP) is 2.98. The summed E-state index contributed by atoms with van der Waals surface area (Å²) < 4.78 is 1.83. The molecule has 128 valence electrons. The first-order valence-electron chi connectivity index (χ1n) is 8.16. The summed E-state index contributed by atoms with van der Waals surface area (Å²) in [4.78, 5) is 28.1. The Kier molecular flexibility index (Phi) is 4.79. The highest BCUT2D eigenvalue weighted by atomic mass is 16.4. The first-order valence-corrected chi connectivity index (χ1v) is 8.16. The van der Waals surface area contributed by atoms with Crippen molar-refractivity contribution < 1.29 is 14.7 Å². The molecule has 0 saturated heterocycles. The lowest BCUT2D eigenvalue weighted by Crippen LogP contribution is -2.40. The van der Waals surface area contributed by atoms with Crippen LogP contribution in [0.4, 0.5) is 0 Å². The number of carbonyl (C=O) groups excluding carboxylic acids is 1. The largest absolute Gasteiger partial charge is 0.480 e. The first kappa shape index (κ1) is 16.7. The Bertz CT molecular complexity index is 903. The van der Waals surface area contributed by atoms with Crippen molar-refractivity contribution in [2.45, 2.75) is 25.8 Å². The summed E-state index contributed by atoms with van der Waals surface area (Å²) >= 11 is 0. The summed E-state index contributed by atoms with van der Waals surface area (Å²) in [6, 6.07) is 12.2. The number of rotatable bonds is 6. The van der Waals surface area contributed by atoms with E-state index in [9.17, 15) is 14.7 Å². The van der Waals surface area contributed by atoms with Crippen LogP contribution in [0.5, 0.6) is 0 Å².